The summed E-state index contributed by atoms with van der Waals surface area (Å²) >= 11 is 0. The molecule has 0 radical (unpaired) electrons. The summed E-state index contributed by atoms with van der Waals surface area (Å²) in [5.74, 6) is 0.501. The van der Waals surface area contributed by atoms with Crippen molar-refractivity contribution in [2.75, 3.05) is 5.73 Å². The van der Waals surface area contributed by atoms with Crippen LogP contribution < -0.4 is 11.1 Å². The standard InChI is InChI=1S/C24H26N8O/c1-13(33)21-22(15-9-16-4-5-17(10-15)28-16)29-24-18(12-27-32(24)23(21)25)14-3-6-19(26-11-14)20-7-8-31(2)30-20/h3,6-8,11-12,15-17,28H,4-5,9-10,25H2,1-2H3/t15?,16-,17?/m0/s1. The van der Waals surface area contributed by atoms with E-state index in [9.17, 15) is 4.79 Å². The van der Waals surface area contributed by atoms with E-state index in [0.29, 0.717) is 29.1 Å². The van der Waals surface area contributed by atoms with Gasteiger partial charge < -0.3 is 11.1 Å². The molecule has 33 heavy (non-hydrogen) atoms. The number of fused-ring (bicyclic) bond motifs is 3. The third kappa shape index (κ3) is 3.31. The number of hydrogen-bond acceptors (Lipinski definition) is 7. The van der Waals surface area contributed by atoms with Crippen LogP contribution in [0.3, 0.4) is 0 Å². The Kier molecular flexibility index (Phi) is 4.55. The molecule has 2 unspecified atom stereocenters. The van der Waals surface area contributed by atoms with Gasteiger partial charge in [0.2, 0.25) is 0 Å². The van der Waals surface area contributed by atoms with Gasteiger partial charge in [0.05, 0.1) is 23.1 Å². The fraction of sp³-hybridized carbons (Fsp3) is 0.375. The van der Waals surface area contributed by atoms with Crippen LogP contribution in [0.15, 0.2) is 36.8 Å². The number of aromatic nitrogens is 6. The molecule has 2 saturated heterocycles. The minimum Gasteiger partial charge on any atom is -0.383 e. The number of anilines is 1. The van der Waals surface area contributed by atoms with Crippen molar-refractivity contribution in [3.8, 4) is 22.5 Å². The number of hydrogen-bond donors (Lipinski definition) is 2. The number of carbonyl (C=O) groups is 1. The first-order chi connectivity index (χ1) is 16.0. The summed E-state index contributed by atoms with van der Waals surface area (Å²) in [5, 5.41) is 12.6. The van der Waals surface area contributed by atoms with Gasteiger partial charge in [-0.15, -0.1) is 0 Å². The highest BCUT2D eigenvalue weighted by molar-refractivity contribution is 6.00. The van der Waals surface area contributed by atoms with Crippen LogP contribution in [0.5, 0.6) is 0 Å². The predicted molar refractivity (Wildman–Crippen MR) is 125 cm³/mol. The van der Waals surface area contributed by atoms with E-state index in [1.165, 1.54) is 12.8 Å². The number of pyridine rings is 1. The number of piperidine rings is 1. The first-order valence-electron chi connectivity index (χ1n) is 11.4. The molecule has 4 aromatic heterocycles. The topological polar surface area (TPSA) is 116 Å². The molecule has 2 aliphatic rings. The van der Waals surface area contributed by atoms with Crippen molar-refractivity contribution in [3.63, 3.8) is 0 Å². The van der Waals surface area contributed by atoms with E-state index in [1.54, 1.807) is 22.3 Å². The second-order valence-electron chi connectivity index (χ2n) is 9.22. The van der Waals surface area contributed by atoms with Gasteiger partial charge in [0, 0.05) is 48.6 Å². The van der Waals surface area contributed by atoms with Crippen molar-refractivity contribution in [2.24, 2.45) is 7.05 Å². The summed E-state index contributed by atoms with van der Waals surface area (Å²) in [5.41, 5.74) is 11.8. The van der Waals surface area contributed by atoms with Crippen molar-refractivity contribution in [1.29, 1.82) is 0 Å². The van der Waals surface area contributed by atoms with E-state index in [-0.39, 0.29) is 11.7 Å². The Bertz CT molecular complexity index is 1360. The van der Waals surface area contributed by atoms with E-state index >= 15 is 0 Å². The lowest BCUT2D eigenvalue weighted by atomic mass is 9.86. The Morgan fingerprint density at radius 1 is 1.12 bits per heavy atom. The van der Waals surface area contributed by atoms with Crippen molar-refractivity contribution >= 4 is 17.2 Å². The smallest absolute Gasteiger partial charge is 0.165 e. The summed E-state index contributed by atoms with van der Waals surface area (Å²) < 4.78 is 3.34. The van der Waals surface area contributed by atoms with Crippen LogP contribution >= 0.6 is 0 Å². The molecule has 2 fully saturated rings. The molecular formula is C24H26N8O. The van der Waals surface area contributed by atoms with Crippen LogP contribution in [0, 0.1) is 0 Å². The molecule has 4 aromatic rings. The fourth-order valence-electron chi connectivity index (χ4n) is 5.43. The summed E-state index contributed by atoms with van der Waals surface area (Å²) in [6.45, 7) is 1.56. The summed E-state index contributed by atoms with van der Waals surface area (Å²) in [4.78, 5) is 22.2. The number of nitrogen functional groups attached to an aromatic ring is 1. The lowest BCUT2D eigenvalue weighted by Gasteiger charge is -2.30. The maximum absolute atomic E-state index is 12.6. The summed E-state index contributed by atoms with van der Waals surface area (Å²) in [7, 11) is 1.88. The second-order valence-corrected chi connectivity index (χ2v) is 9.22. The van der Waals surface area contributed by atoms with E-state index in [1.807, 2.05) is 37.6 Å². The average molecular weight is 443 g/mol. The molecule has 0 spiro atoms. The Morgan fingerprint density at radius 3 is 2.55 bits per heavy atom. The van der Waals surface area contributed by atoms with Gasteiger partial charge in [-0.25, -0.2) is 4.98 Å². The summed E-state index contributed by atoms with van der Waals surface area (Å²) in [6, 6.07) is 6.84. The maximum atomic E-state index is 12.6. The first kappa shape index (κ1) is 20.0. The molecule has 2 bridgehead atoms. The van der Waals surface area contributed by atoms with Crippen molar-refractivity contribution in [2.45, 2.75) is 50.6 Å². The zero-order chi connectivity index (χ0) is 22.7. The number of nitrogens with zero attached hydrogens (tertiary/aromatic N) is 6. The van der Waals surface area contributed by atoms with E-state index in [0.717, 1.165) is 41.1 Å². The van der Waals surface area contributed by atoms with E-state index < -0.39 is 0 Å². The van der Waals surface area contributed by atoms with Gasteiger partial charge in [-0.3, -0.25) is 14.5 Å². The number of ketones is 1. The quantitative estimate of drug-likeness (QED) is 0.467. The molecule has 0 amide bonds. The lowest BCUT2D eigenvalue weighted by Crippen LogP contribution is -2.38. The van der Waals surface area contributed by atoms with Gasteiger partial charge >= 0.3 is 0 Å². The Morgan fingerprint density at radius 2 is 1.91 bits per heavy atom. The van der Waals surface area contributed by atoms with E-state index in [2.05, 4.69) is 20.5 Å². The Labute approximate surface area is 191 Å². The molecule has 9 heteroatoms. The Balaban J connectivity index is 1.45. The molecule has 6 rings (SSSR count). The van der Waals surface area contributed by atoms with Gasteiger partial charge in [0.1, 0.15) is 11.5 Å². The molecule has 2 aliphatic heterocycles. The van der Waals surface area contributed by atoms with Crippen molar-refractivity contribution in [1.82, 2.24) is 34.7 Å². The molecular weight excluding hydrogens is 416 g/mol. The zero-order valence-electron chi connectivity index (χ0n) is 18.7. The molecule has 0 aromatic carbocycles. The molecule has 3 atom stereocenters. The number of carbonyl (C=O) groups excluding carboxylic acids is 1. The third-order valence-electron chi connectivity index (χ3n) is 6.97. The average Bonchev–Trinajstić information content (AvgIpc) is 3.52. The van der Waals surface area contributed by atoms with Gasteiger partial charge in [-0.1, -0.05) is 6.07 Å². The van der Waals surface area contributed by atoms with Gasteiger partial charge in [0.15, 0.2) is 11.4 Å². The second kappa shape index (κ2) is 7.48. The highest BCUT2D eigenvalue weighted by atomic mass is 16.1. The Hall–Kier alpha value is -3.59. The minimum atomic E-state index is -0.0683. The van der Waals surface area contributed by atoms with Crippen LogP contribution in [-0.2, 0) is 7.05 Å². The maximum Gasteiger partial charge on any atom is 0.165 e. The van der Waals surface area contributed by atoms with Crippen LogP contribution in [0.4, 0.5) is 5.82 Å². The largest absolute Gasteiger partial charge is 0.383 e. The molecule has 168 valence electrons. The number of aryl methyl sites for hydroxylation is 1. The predicted octanol–water partition coefficient (Wildman–Crippen LogP) is 2.97. The molecule has 0 saturated carbocycles. The van der Waals surface area contributed by atoms with Gasteiger partial charge in [0.25, 0.3) is 0 Å². The molecule has 6 heterocycles. The first-order valence-corrected chi connectivity index (χ1v) is 11.4. The lowest BCUT2D eigenvalue weighted by molar-refractivity contribution is 0.101. The number of nitrogens with two attached hydrogens (primary N) is 1. The number of nitrogens with one attached hydrogen (secondary N) is 1. The summed E-state index contributed by atoms with van der Waals surface area (Å²) in [6.07, 6.45) is 9.76. The SMILES string of the molecule is CC(=O)c1c(C2CC3CC[C@@H](C2)N3)nc2c(-c3ccc(-c4ccn(C)n4)nc3)cnn2c1N. The highest BCUT2D eigenvalue weighted by Gasteiger charge is 2.37. The monoisotopic (exact) mass is 442 g/mol. The van der Waals surface area contributed by atoms with Crippen LogP contribution in [0.1, 0.15) is 54.6 Å². The van der Waals surface area contributed by atoms with Crippen LogP contribution in [0.2, 0.25) is 0 Å². The van der Waals surface area contributed by atoms with Gasteiger partial charge in [-0.05, 0) is 44.7 Å². The molecule has 3 N–H and O–H groups in total. The van der Waals surface area contributed by atoms with Gasteiger partial charge in [-0.2, -0.15) is 14.7 Å². The normalized spacial score (nSPS) is 22.2. The third-order valence-corrected chi connectivity index (χ3v) is 6.97. The van der Waals surface area contributed by atoms with E-state index in [4.69, 9.17) is 10.7 Å². The van der Waals surface area contributed by atoms with Crippen molar-refractivity contribution in [3.05, 3.63) is 48.0 Å². The fourth-order valence-corrected chi connectivity index (χ4v) is 5.43. The molecule has 0 aliphatic carbocycles. The zero-order valence-corrected chi connectivity index (χ0v) is 18.7. The van der Waals surface area contributed by atoms with Crippen molar-refractivity contribution < 1.29 is 4.79 Å². The van der Waals surface area contributed by atoms with Crippen LogP contribution in [0.25, 0.3) is 28.2 Å². The van der Waals surface area contributed by atoms with Crippen LogP contribution in [-0.4, -0.2) is 47.2 Å². The minimum absolute atomic E-state index is 0.0683. The number of rotatable bonds is 4. The number of Topliss-reactive ketones (excluding diaryl/α,β-unsaturated/α-hetero) is 1. The molecule has 9 nitrogen and oxygen atoms in total. The highest BCUT2D eigenvalue weighted by Crippen LogP contribution is 2.40.